The maximum atomic E-state index is 10.1. The van der Waals surface area contributed by atoms with Gasteiger partial charge in [-0.15, -0.1) is 0 Å². The van der Waals surface area contributed by atoms with E-state index in [0.717, 1.165) is 0 Å². The lowest BCUT2D eigenvalue weighted by Gasteiger charge is -1.92. The molecule has 46 valence electrons. The number of carboxylic acid groups (broad SMARTS) is 1. The van der Waals surface area contributed by atoms with Crippen LogP contribution >= 0.6 is 25.3 Å². The van der Waals surface area contributed by atoms with Crippen LogP contribution in [0.25, 0.3) is 0 Å². The molecule has 0 aromatic heterocycles. The first-order valence-electron chi connectivity index (χ1n) is 2.21. The van der Waals surface area contributed by atoms with Crippen LogP contribution in [0.4, 0.5) is 0 Å². The van der Waals surface area contributed by atoms with E-state index in [1.54, 1.807) is 0 Å². The maximum Gasteiger partial charge on any atom is 0.308 e. The van der Waals surface area contributed by atoms with E-state index in [9.17, 15) is 4.79 Å². The van der Waals surface area contributed by atoms with Crippen molar-refractivity contribution in [3.05, 3.63) is 0 Å². The molecule has 8 heavy (non-hydrogen) atoms. The van der Waals surface area contributed by atoms with Gasteiger partial charge in [0, 0.05) is 0 Å². The number of hydrogen-bond donors (Lipinski definition) is 3. The van der Waals surface area contributed by atoms with Crippen molar-refractivity contribution < 1.29 is 9.90 Å². The van der Waals surface area contributed by atoms with Gasteiger partial charge in [0.2, 0.25) is 0 Å². The van der Waals surface area contributed by atoms with Crippen molar-refractivity contribution >= 4 is 31.2 Å². The average Bonchev–Trinajstić information content (AvgIpc) is 2.13. The topological polar surface area (TPSA) is 37.3 Å². The van der Waals surface area contributed by atoms with E-state index in [2.05, 4.69) is 25.3 Å². The second kappa shape index (κ2) is 1.57. The third kappa shape index (κ3) is 0.951. The van der Waals surface area contributed by atoms with Gasteiger partial charge in [0.05, 0.1) is 10.00 Å². The van der Waals surface area contributed by atoms with Crippen LogP contribution in [0.2, 0.25) is 0 Å². The molecule has 0 bridgehead atoms. The molecule has 1 aliphatic carbocycles. The third-order valence-electron chi connectivity index (χ3n) is 1.20. The van der Waals surface area contributed by atoms with Crippen molar-refractivity contribution in [1.29, 1.82) is 0 Å². The summed E-state index contributed by atoms with van der Waals surface area (Å²) in [6, 6.07) is 0. The highest BCUT2D eigenvalue weighted by Crippen LogP contribution is 2.52. The van der Waals surface area contributed by atoms with Crippen LogP contribution in [0.15, 0.2) is 0 Å². The summed E-state index contributed by atoms with van der Waals surface area (Å²) < 4.78 is -0.522. The van der Waals surface area contributed by atoms with Crippen molar-refractivity contribution in [2.24, 2.45) is 5.92 Å². The molecule has 0 aromatic rings. The zero-order chi connectivity index (χ0) is 6.36. The van der Waals surface area contributed by atoms with Gasteiger partial charge in [-0.3, -0.25) is 4.79 Å². The molecule has 0 radical (unpaired) electrons. The van der Waals surface area contributed by atoms with Gasteiger partial charge in [-0.2, -0.15) is 25.3 Å². The number of carbonyl (C=O) groups is 1. The molecular weight excluding hydrogens is 144 g/mol. The van der Waals surface area contributed by atoms with Crippen LogP contribution in [0, 0.1) is 5.92 Å². The Labute approximate surface area is 58.1 Å². The van der Waals surface area contributed by atoms with Gasteiger partial charge in [-0.1, -0.05) is 0 Å². The number of hydrogen-bond acceptors (Lipinski definition) is 3. The van der Waals surface area contributed by atoms with Crippen LogP contribution in [0.3, 0.4) is 0 Å². The first kappa shape index (κ1) is 6.29. The summed E-state index contributed by atoms with van der Waals surface area (Å²) in [6.07, 6.45) is 0.578. The Kier molecular flexibility index (Phi) is 1.24. The van der Waals surface area contributed by atoms with E-state index in [1.165, 1.54) is 0 Å². The summed E-state index contributed by atoms with van der Waals surface area (Å²) in [5.74, 6) is -1.14. The maximum absolute atomic E-state index is 10.1. The minimum Gasteiger partial charge on any atom is -0.481 e. The Balaban J connectivity index is 2.48. The lowest BCUT2D eigenvalue weighted by molar-refractivity contribution is -0.138. The first-order chi connectivity index (χ1) is 3.54. The van der Waals surface area contributed by atoms with Gasteiger partial charge in [0.25, 0.3) is 0 Å². The van der Waals surface area contributed by atoms with Crippen LogP contribution in [0.5, 0.6) is 0 Å². The van der Waals surface area contributed by atoms with E-state index in [-0.39, 0.29) is 5.92 Å². The smallest absolute Gasteiger partial charge is 0.308 e. The molecule has 1 aliphatic rings. The second-order valence-electron chi connectivity index (χ2n) is 1.97. The number of thiol groups is 2. The minimum absolute atomic E-state index is 0.339. The van der Waals surface area contributed by atoms with Gasteiger partial charge in [-0.05, 0) is 6.42 Å². The Morgan fingerprint density at radius 2 is 2.12 bits per heavy atom. The van der Waals surface area contributed by atoms with Gasteiger partial charge in [-0.25, -0.2) is 0 Å². The highest BCUT2D eigenvalue weighted by molar-refractivity contribution is 8.01. The summed E-state index contributed by atoms with van der Waals surface area (Å²) in [4.78, 5) is 10.1. The summed E-state index contributed by atoms with van der Waals surface area (Å²) >= 11 is 7.90. The van der Waals surface area contributed by atoms with Crippen molar-refractivity contribution in [3.63, 3.8) is 0 Å². The summed E-state index contributed by atoms with van der Waals surface area (Å²) in [6.45, 7) is 0. The van der Waals surface area contributed by atoms with Crippen LogP contribution in [-0.4, -0.2) is 15.2 Å². The van der Waals surface area contributed by atoms with Gasteiger partial charge >= 0.3 is 5.97 Å². The predicted octanol–water partition coefficient (Wildman–Crippen LogP) is 0.647. The molecule has 1 rings (SSSR count). The minimum atomic E-state index is -0.796. The number of aliphatic carboxylic acids is 1. The Morgan fingerprint density at radius 3 is 2.12 bits per heavy atom. The van der Waals surface area contributed by atoms with Crippen molar-refractivity contribution in [1.82, 2.24) is 0 Å². The summed E-state index contributed by atoms with van der Waals surface area (Å²) in [5.41, 5.74) is 0. The van der Waals surface area contributed by atoms with E-state index < -0.39 is 10.0 Å². The fraction of sp³-hybridized carbons (Fsp3) is 0.750. The van der Waals surface area contributed by atoms with Gasteiger partial charge in [0.15, 0.2) is 0 Å². The second-order valence-corrected chi connectivity index (χ2v) is 3.92. The standard InChI is InChI=1S/C4H6O2S2/c5-3(6)2-1-4(2,7)8/h2,7-8H,1H2,(H,5,6). The Morgan fingerprint density at radius 1 is 1.75 bits per heavy atom. The van der Waals surface area contributed by atoms with E-state index in [1.807, 2.05) is 0 Å². The number of rotatable bonds is 1. The fourth-order valence-electron chi connectivity index (χ4n) is 0.527. The van der Waals surface area contributed by atoms with Gasteiger partial charge in [0.1, 0.15) is 0 Å². The van der Waals surface area contributed by atoms with Crippen LogP contribution in [-0.2, 0) is 4.79 Å². The predicted molar refractivity (Wildman–Crippen MR) is 36.4 cm³/mol. The zero-order valence-corrected chi connectivity index (χ0v) is 5.82. The molecule has 2 nitrogen and oxygen atoms in total. The molecule has 0 aliphatic heterocycles. The average molecular weight is 150 g/mol. The summed E-state index contributed by atoms with van der Waals surface area (Å²) in [7, 11) is 0. The van der Waals surface area contributed by atoms with Gasteiger partial charge < -0.3 is 5.11 Å². The molecule has 4 heteroatoms. The molecule has 0 spiro atoms. The molecule has 1 atom stereocenters. The SMILES string of the molecule is O=C(O)C1CC1(S)S. The van der Waals surface area contributed by atoms with Crippen LogP contribution in [0.1, 0.15) is 6.42 Å². The molecule has 1 unspecified atom stereocenters. The molecule has 1 N–H and O–H groups in total. The van der Waals surface area contributed by atoms with Crippen molar-refractivity contribution in [2.75, 3.05) is 0 Å². The molecule has 0 amide bonds. The normalized spacial score (nSPS) is 32.0. The molecule has 0 aromatic carbocycles. The van der Waals surface area contributed by atoms with E-state index in [0.29, 0.717) is 6.42 Å². The fourth-order valence-corrected chi connectivity index (χ4v) is 1.11. The summed E-state index contributed by atoms with van der Waals surface area (Å²) in [5, 5.41) is 8.29. The highest BCUT2D eigenvalue weighted by atomic mass is 32.2. The Hall–Kier alpha value is 0.170. The van der Waals surface area contributed by atoms with Crippen molar-refractivity contribution in [2.45, 2.75) is 10.5 Å². The molecule has 0 saturated heterocycles. The lowest BCUT2D eigenvalue weighted by atomic mass is 10.4. The van der Waals surface area contributed by atoms with Crippen molar-refractivity contribution in [3.8, 4) is 0 Å². The Bertz CT molecular complexity index is 132. The third-order valence-corrected chi connectivity index (χ3v) is 2.19. The van der Waals surface area contributed by atoms with Crippen LogP contribution < -0.4 is 0 Å². The van der Waals surface area contributed by atoms with E-state index >= 15 is 0 Å². The molecule has 1 fully saturated rings. The highest BCUT2D eigenvalue weighted by Gasteiger charge is 2.53. The van der Waals surface area contributed by atoms with E-state index in [4.69, 9.17) is 5.11 Å². The molecule has 0 heterocycles. The monoisotopic (exact) mass is 150 g/mol. The molecule has 1 saturated carbocycles. The largest absolute Gasteiger partial charge is 0.481 e. The lowest BCUT2D eigenvalue weighted by Crippen LogP contribution is -2.03. The molecular formula is C4H6O2S2. The zero-order valence-electron chi connectivity index (χ0n) is 4.03. The number of carboxylic acids is 1. The quantitative estimate of drug-likeness (QED) is 0.379. The first-order valence-corrected chi connectivity index (χ1v) is 3.11.